The van der Waals surface area contributed by atoms with Crippen LogP contribution >= 0.6 is 0 Å². The average molecular weight is 396 g/mol. The zero-order valence-electron chi connectivity index (χ0n) is 16.1. The van der Waals surface area contributed by atoms with Gasteiger partial charge in [0.2, 0.25) is 5.91 Å². The molecule has 1 N–H and O–H groups in total. The molecule has 1 heterocycles. The summed E-state index contributed by atoms with van der Waals surface area (Å²) in [5.41, 5.74) is 1.64. The number of hydrogen-bond acceptors (Lipinski definition) is 6. The number of hydrogen-bond donors (Lipinski definition) is 1. The number of carbonyl (C=O) groups is 4. The standard InChI is InChI=1S/C21H20N2O6/c1-28-17-8-7-13(11-16(17)21(27)29-2)12-22-18(24)9-10-23-19(25)14-5-3-4-6-15(14)20(23)26/h3-8,11H,9-10,12H2,1-2H3,(H,22,24). The molecule has 29 heavy (non-hydrogen) atoms. The summed E-state index contributed by atoms with van der Waals surface area (Å²) in [7, 11) is 2.72. The lowest BCUT2D eigenvalue weighted by atomic mass is 10.1. The van der Waals surface area contributed by atoms with Crippen molar-refractivity contribution in [3.8, 4) is 5.75 Å². The van der Waals surface area contributed by atoms with E-state index in [0.29, 0.717) is 22.4 Å². The van der Waals surface area contributed by atoms with E-state index in [1.54, 1.807) is 42.5 Å². The molecule has 0 aromatic heterocycles. The van der Waals surface area contributed by atoms with Crippen molar-refractivity contribution in [1.82, 2.24) is 10.2 Å². The van der Waals surface area contributed by atoms with Crippen molar-refractivity contribution >= 4 is 23.7 Å². The predicted octanol–water partition coefficient (Wildman–Crippen LogP) is 1.78. The molecule has 3 amide bonds. The number of rotatable bonds is 7. The van der Waals surface area contributed by atoms with Gasteiger partial charge >= 0.3 is 5.97 Å². The van der Waals surface area contributed by atoms with E-state index in [1.807, 2.05) is 0 Å². The second-order valence-electron chi connectivity index (χ2n) is 6.36. The van der Waals surface area contributed by atoms with Gasteiger partial charge in [0.25, 0.3) is 11.8 Å². The summed E-state index contributed by atoms with van der Waals surface area (Å²) in [5.74, 6) is -1.28. The van der Waals surface area contributed by atoms with Crippen molar-refractivity contribution in [3.63, 3.8) is 0 Å². The molecular formula is C21H20N2O6. The Hall–Kier alpha value is -3.68. The fraction of sp³-hybridized carbons (Fsp3) is 0.238. The first-order valence-corrected chi connectivity index (χ1v) is 8.93. The summed E-state index contributed by atoms with van der Waals surface area (Å²) >= 11 is 0. The summed E-state index contributed by atoms with van der Waals surface area (Å²) in [4.78, 5) is 49.7. The lowest BCUT2D eigenvalue weighted by Crippen LogP contribution is -2.34. The molecule has 3 rings (SSSR count). The minimum Gasteiger partial charge on any atom is -0.496 e. The molecule has 0 saturated heterocycles. The number of fused-ring (bicyclic) bond motifs is 1. The van der Waals surface area contributed by atoms with Crippen LogP contribution in [-0.2, 0) is 16.1 Å². The molecule has 0 spiro atoms. The maximum absolute atomic E-state index is 12.3. The van der Waals surface area contributed by atoms with E-state index in [-0.39, 0.29) is 31.0 Å². The predicted molar refractivity (Wildman–Crippen MR) is 103 cm³/mol. The monoisotopic (exact) mass is 396 g/mol. The average Bonchev–Trinajstić information content (AvgIpc) is 3.00. The smallest absolute Gasteiger partial charge is 0.341 e. The molecule has 2 aromatic carbocycles. The van der Waals surface area contributed by atoms with E-state index < -0.39 is 17.8 Å². The van der Waals surface area contributed by atoms with Gasteiger partial charge in [-0.05, 0) is 29.8 Å². The van der Waals surface area contributed by atoms with Crippen molar-refractivity contribution in [2.24, 2.45) is 0 Å². The summed E-state index contributed by atoms with van der Waals surface area (Å²) in [6.07, 6.45) is -0.0223. The fourth-order valence-corrected chi connectivity index (χ4v) is 3.08. The Labute approximate surface area is 167 Å². The van der Waals surface area contributed by atoms with Crippen molar-refractivity contribution in [1.29, 1.82) is 0 Å². The van der Waals surface area contributed by atoms with Crippen LogP contribution < -0.4 is 10.1 Å². The summed E-state index contributed by atoms with van der Waals surface area (Å²) in [6.45, 7) is 0.170. The van der Waals surface area contributed by atoms with Gasteiger partial charge in [0.1, 0.15) is 11.3 Å². The van der Waals surface area contributed by atoms with Gasteiger partial charge in [0.05, 0.1) is 25.3 Å². The molecule has 0 aliphatic carbocycles. The van der Waals surface area contributed by atoms with Gasteiger partial charge in [-0.2, -0.15) is 0 Å². The number of esters is 1. The molecule has 0 bridgehead atoms. The van der Waals surface area contributed by atoms with E-state index in [0.717, 1.165) is 4.90 Å². The molecule has 1 aliphatic heterocycles. The quantitative estimate of drug-likeness (QED) is 0.565. The van der Waals surface area contributed by atoms with Crippen LogP contribution in [0.3, 0.4) is 0 Å². The Kier molecular flexibility index (Phi) is 5.92. The Morgan fingerprint density at radius 1 is 1.00 bits per heavy atom. The summed E-state index contributed by atoms with van der Waals surface area (Å²) in [6, 6.07) is 11.5. The second-order valence-corrected chi connectivity index (χ2v) is 6.36. The lowest BCUT2D eigenvalue weighted by Gasteiger charge is -2.14. The van der Waals surface area contributed by atoms with Crippen LogP contribution in [0.25, 0.3) is 0 Å². The molecule has 0 fully saturated rings. The number of imide groups is 1. The molecule has 8 nitrogen and oxygen atoms in total. The van der Waals surface area contributed by atoms with E-state index >= 15 is 0 Å². The van der Waals surface area contributed by atoms with Crippen molar-refractivity contribution in [2.75, 3.05) is 20.8 Å². The lowest BCUT2D eigenvalue weighted by molar-refractivity contribution is -0.121. The molecule has 0 saturated carbocycles. The van der Waals surface area contributed by atoms with Gasteiger partial charge in [0, 0.05) is 19.5 Å². The number of benzene rings is 2. The molecule has 8 heteroatoms. The minimum atomic E-state index is -0.541. The minimum absolute atomic E-state index is 0.00575. The Morgan fingerprint density at radius 3 is 2.24 bits per heavy atom. The summed E-state index contributed by atoms with van der Waals surface area (Å²) < 4.78 is 9.86. The highest BCUT2D eigenvalue weighted by molar-refractivity contribution is 6.21. The first-order valence-electron chi connectivity index (χ1n) is 8.93. The molecule has 0 radical (unpaired) electrons. The van der Waals surface area contributed by atoms with E-state index in [9.17, 15) is 19.2 Å². The van der Waals surface area contributed by atoms with Crippen LogP contribution in [0.1, 0.15) is 43.1 Å². The zero-order chi connectivity index (χ0) is 21.0. The molecule has 0 atom stereocenters. The van der Waals surface area contributed by atoms with Crippen LogP contribution in [0.15, 0.2) is 42.5 Å². The highest BCUT2D eigenvalue weighted by Gasteiger charge is 2.34. The normalized spacial score (nSPS) is 12.6. The number of methoxy groups -OCH3 is 2. The third kappa shape index (κ3) is 4.11. The van der Waals surface area contributed by atoms with Gasteiger partial charge < -0.3 is 14.8 Å². The van der Waals surface area contributed by atoms with Crippen molar-refractivity contribution < 1.29 is 28.7 Å². The van der Waals surface area contributed by atoms with Crippen molar-refractivity contribution in [3.05, 3.63) is 64.7 Å². The third-order valence-corrected chi connectivity index (χ3v) is 4.60. The van der Waals surface area contributed by atoms with Crippen LogP contribution in [0.2, 0.25) is 0 Å². The molecule has 1 aliphatic rings. The van der Waals surface area contributed by atoms with Gasteiger partial charge in [-0.25, -0.2) is 4.79 Å². The van der Waals surface area contributed by atoms with E-state index in [1.165, 1.54) is 14.2 Å². The molecule has 0 unspecified atom stereocenters. The number of ether oxygens (including phenoxy) is 2. The highest BCUT2D eigenvalue weighted by atomic mass is 16.5. The fourth-order valence-electron chi connectivity index (χ4n) is 3.08. The number of nitrogens with one attached hydrogen (secondary N) is 1. The summed E-state index contributed by atoms with van der Waals surface area (Å²) in [5, 5.41) is 2.71. The van der Waals surface area contributed by atoms with Gasteiger partial charge in [-0.1, -0.05) is 18.2 Å². The number of carbonyl (C=O) groups excluding carboxylic acids is 4. The molecule has 2 aromatic rings. The first kappa shape index (κ1) is 20.1. The van der Waals surface area contributed by atoms with Crippen LogP contribution in [0.5, 0.6) is 5.75 Å². The second kappa shape index (κ2) is 8.55. The van der Waals surface area contributed by atoms with Gasteiger partial charge in [-0.15, -0.1) is 0 Å². The van der Waals surface area contributed by atoms with E-state index in [2.05, 4.69) is 5.32 Å². The van der Waals surface area contributed by atoms with Crippen molar-refractivity contribution in [2.45, 2.75) is 13.0 Å². The molecule has 150 valence electrons. The highest BCUT2D eigenvalue weighted by Crippen LogP contribution is 2.23. The van der Waals surface area contributed by atoms with Crippen LogP contribution in [0, 0.1) is 0 Å². The molecular weight excluding hydrogens is 376 g/mol. The maximum Gasteiger partial charge on any atom is 0.341 e. The third-order valence-electron chi connectivity index (χ3n) is 4.60. The first-order chi connectivity index (χ1) is 14.0. The zero-order valence-corrected chi connectivity index (χ0v) is 16.1. The largest absolute Gasteiger partial charge is 0.496 e. The topological polar surface area (TPSA) is 102 Å². The van der Waals surface area contributed by atoms with Gasteiger partial charge in [0.15, 0.2) is 0 Å². The van der Waals surface area contributed by atoms with Gasteiger partial charge in [-0.3, -0.25) is 19.3 Å². The van der Waals surface area contributed by atoms with E-state index in [4.69, 9.17) is 9.47 Å². The number of nitrogens with zero attached hydrogens (tertiary/aromatic N) is 1. The Morgan fingerprint density at radius 2 is 1.66 bits per heavy atom. The van der Waals surface area contributed by atoms with Crippen LogP contribution in [0.4, 0.5) is 0 Å². The Balaban J connectivity index is 1.57. The number of amides is 3. The SMILES string of the molecule is COC(=O)c1cc(CNC(=O)CCN2C(=O)c3ccccc3C2=O)ccc1OC. The maximum atomic E-state index is 12.3. The Bertz CT molecular complexity index is 950. The van der Waals surface area contributed by atoms with Crippen LogP contribution in [-0.4, -0.2) is 49.4 Å².